The molecule has 1 N–H and O–H groups in total. The number of aryl methyl sites for hydroxylation is 1. The van der Waals surface area contributed by atoms with Crippen LogP contribution in [0.3, 0.4) is 0 Å². The van der Waals surface area contributed by atoms with Crippen LogP contribution in [0.25, 0.3) is 11.1 Å². The Morgan fingerprint density at radius 1 is 1.14 bits per heavy atom. The van der Waals surface area contributed by atoms with Crippen LogP contribution in [-0.2, 0) is 18.4 Å². The normalized spacial score (nSPS) is 11.6. The van der Waals surface area contributed by atoms with Gasteiger partial charge in [0.2, 0.25) is 0 Å². The second kappa shape index (κ2) is 8.55. The van der Waals surface area contributed by atoms with Gasteiger partial charge in [-0.1, -0.05) is 64.4 Å². The lowest BCUT2D eigenvalue weighted by atomic mass is 9.96. The molecular weight excluding hydrogens is 364 g/mol. The molecule has 6 nitrogen and oxygen atoms in total. The molecule has 0 fully saturated rings. The SMILES string of the molecule is CCCCn1nc(C(C)(C)C)nc1Cc1ccc(-c2cccnc2C(=O)O)cc1. The first-order chi connectivity index (χ1) is 13.8. The lowest BCUT2D eigenvalue weighted by molar-refractivity contribution is 0.0691. The molecule has 0 aliphatic carbocycles. The summed E-state index contributed by atoms with van der Waals surface area (Å²) in [5.41, 5.74) is 2.54. The van der Waals surface area contributed by atoms with Crippen molar-refractivity contribution >= 4 is 5.97 Å². The summed E-state index contributed by atoms with van der Waals surface area (Å²) in [6, 6.07) is 11.4. The number of aromatic carboxylic acids is 1. The molecule has 0 spiro atoms. The quantitative estimate of drug-likeness (QED) is 0.629. The van der Waals surface area contributed by atoms with Crippen LogP contribution in [0.4, 0.5) is 0 Å². The van der Waals surface area contributed by atoms with Gasteiger partial charge in [-0.25, -0.2) is 19.4 Å². The Balaban J connectivity index is 1.87. The number of carboxylic acid groups (broad SMARTS) is 1. The number of hydrogen-bond donors (Lipinski definition) is 1. The average molecular weight is 393 g/mol. The van der Waals surface area contributed by atoms with Gasteiger partial charge in [0, 0.05) is 30.1 Å². The van der Waals surface area contributed by atoms with Gasteiger partial charge in [-0.05, 0) is 23.6 Å². The summed E-state index contributed by atoms with van der Waals surface area (Å²) in [5.74, 6) is 0.800. The van der Waals surface area contributed by atoms with Crippen LogP contribution in [-0.4, -0.2) is 30.8 Å². The molecule has 152 valence electrons. The fourth-order valence-electron chi connectivity index (χ4n) is 3.10. The minimum Gasteiger partial charge on any atom is -0.476 e. The zero-order chi connectivity index (χ0) is 21.0. The van der Waals surface area contributed by atoms with Crippen molar-refractivity contribution in [3.05, 3.63) is 65.5 Å². The Labute approximate surface area is 171 Å². The maximum Gasteiger partial charge on any atom is 0.355 e. The van der Waals surface area contributed by atoms with Crippen molar-refractivity contribution in [2.75, 3.05) is 0 Å². The van der Waals surface area contributed by atoms with Gasteiger partial charge in [-0.3, -0.25) is 0 Å². The number of hydrogen-bond acceptors (Lipinski definition) is 4. The van der Waals surface area contributed by atoms with Gasteiger partial charge < -0.3 is 5.11 Å². The summed E-state index contributed by atoms with van der Waals surface area (Å²) < 4.78 is 2.03. The van der Waals surface area contributed by atoms with Gasteiger partial charge in [0.1, 0.15) is 5.82 Å². The van der Waals surface area contributed by atoms with E-state index in [1.54, 1.807) is 12.1 Å². The van der Waals surface area contributed by atoms with E-state index in [2.05, 4.69) is 32.7 Å². The summed E-state index contributed by atoms with van der Waals surface area (Å²) in [6.07, 6.45) is 4.36. The average Bonchev–Trinajstić information content (AvgIpc) is 3.10. The topological polar surface area (TPSA) is 80.9 Å². The highest BCUT2D eigenvalue weighted by Crippen LogP contribution is 2.24. The van der Waals surface area contributed by atoms with Crippen LogP contribution in [0.15, 0.2) is 42.6 Å². The van der Waals surface area contributed by atoms with Crippen LogP contribution in [0, 0.1) is 0 Å². The Bertz CT molecular complexity index is 985. The molecule has 0 amide bonds. The van der Waals surface area contributed by atoms with E-state index in [9.17, 15) is 9.90 Å². The van der Waals surface area contributed by atoms with Crippen molar-refractivity contribution in [3.63, 3.8) is 0 Å². The minimum absolute atomic E-state index is 0.0642. The molecule has 0 radical (unpaired) electrons. The number of benzene rings is 1. The van der Waals surface area contributed by atoms with Crippen molar-refractivity contribution in [2.45, 2.75) is 58.9 Å². The predicted molar refractivity (Wildman–Crippen MR) is 113 cm³/mol. The van der Waals surface area contributed by atoms with E-state index >= 15 is 0 Å². The minimum atomic E-state index is -1.02. The highest BCUT2D eigenvalue weighted by atomic mass is 16.4. The molecule has 0 saturated heterocycles. The summed E-state index contributed by atoms with van der Waals surface area (Å²) in [4.78, 5) is 20.2. The van der Waals surface area contributed by atoms with Crippen molar-refractivity contribution < 1.29 is 9.90 Å². The fourth-order valence-corrected chi connectivity index (χ4v) is 3.10. The molecule has 2 heterocycles. The van der Waals surface area contributed by atoms with Crippen LogP contribution >= 0.6 is 0 Å². The first-order valence-corrected chi connectivity index (χ1v) is 10.0. The highest BCUT2D eigenvalue weighted by Gasteiger charge is 2.22. The Morgan fingerprint density at radius 2 is 1.86 bits per heavy atom. The van der Waals surface area contributed by atoms with E-state index in [0.29, 0.717) is 12.0 Å². The number of carboxylic acids is 1. The molecule has 0 aliphatic rings. The van der Waals surface area contributed by atoms with Crippen LogP contribution < -0.4 is 0 Å². The highest BCUT2D eigenvalue weighted by molar-refractivity contribution is 5.93. The van der Waals surface area contributed by atoms with Gasteiger partial charge in [0.05, 0.1) is 0 Å². The molecule has 6 heteroatoms. The van der Waals surface area contributed by atoms with E-state index in [-0.39, 0.29) is 11.1 Å². The second-order valence-electron chi connectivity index (χ2n) is 8.26. The van der Waals surface area contributed by atoms with E-state index < -0.39 is 5.97 Å². The third kappa shape index (κ3) is 4.88. The van der Waals surface area contributed by atoms with Gasteiger partial charge in [-0.2, -0.15) is 5.10 Å². The molecule has 3 rings (SSSR count). The number of carbonyl (C=O) groups is 1. The van der Waals surface area contributed by atoms with Gasteiger partial charge >= 0.3 is 5.97 Å². The van der Waals surface area contributed by atoms with Crippen molar-refractivity contribution in [1.82, 2.24) is 19.7 Å². The van der Waals surface area contributed by atoms with Crippen LogP contribution in [0.1, 0.15) is 68.2 Å². The molecule has 0 atom stereocenters. The number of aromatic nitrogens is 4. The standard InChI is InChI=1S/C23H28N4O2/c1-5-6-14-27-19(25-22(26-27)23(2,3)4)15-16-9-11-17(12-10-16)18-8-7-13-24-20(18)21(28)29/h7-13H,5-6,14-15H2,1-4H3,(H,28,29). The summed E-state index contributed by atoms with van der Waals surface area (Å²) in [5, 5.41) is 14.1. The Morgan fingerprint density at radius 3 is 2.48 bits per heavy atom. The molecule has 0 aliphatic heterocycles. The molecule has 3 aromatic rings. The zero-order valence-electron chi connectivity index (χ0n) is 17.5. The third-order valence-electron chi connectivity index (χ3n) is 4.78. The third-order valence-corrected chi connectivity index (χ3v) is 4.78. The van der Waals surface area contributed by atoms with E-state index in [1.165, 1.54) is 6.20 Å². The molecule has 2 aromatic heterocycles. The van der Waals surface area contributed by atoms with Gasteiger partial charge in [0.15, 0.2) is 11.5 Å². The lowest BCUT2D eigenvalue weighted by Gasteiger charge is -2.12. The van der Waals surface area contributed by atoms with E-state index in [1.807, 2.05) is 28.9 Å². The van der Waals surface area contributed by atoms with Crippen LogP contribution in [0.2, 0.25) is 0 Å². The zero-order valence-corrected chi connectivity index (χ0v) is 17.5. The molecule has 29 heavy (non-hydrogen) atoms. The number of pyridine rings is 1. The predicted octanol–water partition coefficient (Wildman–Crippen LogP) is 4.73. The molecule has 0 bridgehead atoms. The number of unbranched alkanes of at least 4 members (excludes halogenated alkanes) is 1. The molecule has 1 aromatic carbocycles. The van der Waals surface area contributed by atoms with Gasteiger partial charge in [-0.15, -0.1) is 0 Å². The fraction of sp³-hybridized carbons (Fsp3) is 0.391. The Kier molecular flexibility index (Phi) is 6.11. The summed E-state index contributed by atoms with van der Waals surface area (Å²) in [6.45, 7) is 9.41. The van der Waals surface area contributed by atoms with Gasteiger partial charge in [0.25, 0.3) is 0 Å². The van der Waals surface area contributed by atoms with Crippen molar-refractivity contribution in [3.8, 4) is 11.1 Å². The summed E-state index contributed by atoms with van der Waals surface area (Å²) >= 11 is 0. The Hall–Kier alpha value is -3.02. The van der Waals surface area contributed by atoms with Crippen molar-refractivity contribution in [1.29, 1.82) is 0 Å². The maximum absolute atomic E-state index is 11.4. The first kappa shape index (κ1) is 20.7. The summed E-state index contributed by atoms with van der Waals surface area (Å²) in [7, 11) is 0. The van der Waals surface area contributed by atoms with Crippen molar-refractivity contribution in [2.24, 2.45) is 0 Å². The first-order valence-electron chi connectivity index (χ1n) is 10.0. The molecule has 0 unspecified atom stereocenters. The second-order valence-corrected chi connectivity index (χ2v) is 8.26. The monoisotopic (exact) mass is 392 g/mol. The van der Waals surface area contributed by atoms with E-state index in [0.717, 1.165) is 42.2 Å². The molecular formula is C23H28N4O2. The van der Waals surface area contributed by atoms with Crippen LogP contribution in [0.5, 0.6) is 0 Å². The lowest BCUT2D eigenvalue weighted by Crippen LogP contribution is -2.14. The number of nitrogens with zero attached hydrogens (tertiary/aromatic N) is 4. The molecule has 0 saturated carbocycles. The maximum atomic E-state index is 11.4. The number of rotatable bonds is 7. The largest absolute Gasteiger partial charge is 0.476 e. The smallest absolute Gasteiger partial charge is 0.355 e. The van der Waals surface area contributed by atoms with E-state index in [4.69, 9.17) is 10.1 Å².